The van der Waals surface area contributed by atoms with Crippen LogP contribution in [0, 0.1) is 0 Å². The molecule has 0 aliphatic carbocycles. The number of hydrogen-bond acceptors (Lipinski definition) is 3. The molecule has 0 radical (unpaired) electrons. The Morgan fingerprint density at radius 2 is 1.19 bits per heavy atom. The number of aliphatic hydroxyl groups is 1. The predicted molar refractivity (Wildman–Crippen MR) is 128 cm³/mol. The molecule has 0 aliphatic rings. The summed E-state index contributed by atoms with van der Waals surface area (Å²) in [4.78, 5) is 0. The largest absolute Gasteiger partial charge is 0.400 e. The summed E-state index contributed by atoms with van der Waals surface area (Å²) in [5.41, 5.74) is 7.51. The molecule has 0 heterocycles. The highest BCUT2D eigenvalue weighted by Crippen LogP contribution is 2.20. The number of allylic oxidation sites excluding steroid dienone is 4. The topological polar surface area (TPSA) is 49.5 Å². The molecule has 0 fully saturated rings. The Bertz CT molecular complexity index is 393. The van der Waals surface area contributed by atoms with E-state index in [0.717, 1.165) is 38.5 Å². The minimum absolute atomic E-state index is 0.743. The van der Waals surface area contributed by atoms with Crippen molar-refractivity contribution < 1.29 is 5.11 Å². The third-order valence-electron chi connectivity index (χ3n) is 3.78. The van der Waals surface area contributed by atoms with Gasteiger partial charge >= 0.3 is 0 Å². The molecule has 5 heteroatoms. The monoisotopic (exact) mass is 398 g/mol. The van der Waals surface area contributed by atoms with Gasteiger partial charge in [-0.25, -0.2) is 0 Å². The van der Waals surface area contributed by atoms with Gasteiger partial charge in [0.2, 0.25) is 0 Å². The summed E-state index contributed by atoms with van der Waals surface area (Å²) in [6, 6.07) is 0. The van der Waals surface area contributed by atoms with Crippen LogP contribution in [0.5, 0.6) is 0 Å². The van der Waals surface area contributed by atoms with Crippen LogP contribution in [0.25, 0.3) is 0 Å². The van der Waals surface area contributed by atoms with E-state index < -0.39 is 16.5 Å². The maximum absolute atomic E-state index is 7.00. The van der Waals surface area contributed by atoms with E-state index in [1.165, 1.54) is 18.5 Å². The van der Waals surface area contributed by atoms with Crippen molar-refractivity contribution in [3.05, 3.63) is 49.6 Å². The SMILES string of the molecule is C=CC(=C)CCCN.C=CC(=C)CCCN([Si](C)(C)C)[Si](C)(C)C.CO. The van der Waals surface area contributed by atoms with Gasteiger partial charge in [-0.15, -0.1) is 0 Å². The molecule has 154 valence electrons. The van der Waals surface area contributed by atoms with Crippen LogP contribution in [-0.4, -0.2) is 46.0 Å². The van der Waals surface area contributed by atoms with Gasteiger partial charge in [0.1, 0.15) is 16.5 Å². The fourth-order valence-electron chi connectivity index (χ4n) is 2.67. The second-order valence-electron chi connectivity index (χ2n) is 8.21. The van der Waals surface area contributed by atoms with Crippen LogP contribution in [0.2, 0.25) is 39.3 Å². The standard InChI is InChI=1S/C13H29NSi2.C7H13N.CH4O/c1-9-13(2)11-10-12-14(15(3,4)5)16(6,7)8;1-3-7(2)5-4-6-8;1-2/h9H,1-2,10-12H2,3-8H3;3H,1-2,4-6,8H2;2H,1H3. The molecule has 0 aromatic heterocycles. The molecule has 26 heavy (non-hydrogen) atoms. The van der Waals surface area contributed by atoms with Crippen molar-refractivity contribution in [1.82, 2.24) is 4.23 Å². The maximum Gasteiger partial charge on any atom is 0.112 e. The van der Waals surface area contributed by atoms with E-state index in [0.29, 0.717) is 0 Å². The zero-order valence-corrected chi connectivity index (χ0v) is 20.7. The van der Waals surface area contributed by atoms with Gasteiger partial charge in [0.05, 0.1) is 0 Å². The van der Waals surface area contributed by atoms with Crippen LogP contribution in [0.15, 0.2) is 49.6 Å². The molecular formula is C21H46N2OSi2. The number of nitrogens with zero attached hydrogens (tertiary/aromatic N) is 1. The van der Waals surface area contributed by atoms with Crippen LogP contribution >= 0.6 is 0 Å². The highest BCUT2D eigenvalue weighted by atomic mass is 28.4. The summed E-state index contributed by atoms with van der Waals surface area (Å²) in [6.07, 6.45) is 7.97. The highest BCUT2D eigenvalue weighted by Gasteiger charge is 2.33. The normalized spacial score (nSPS) is 10.8. The van der Waals surface area contributed by atoms with E-state index in [9.17, 15) is 0 Å². The second-order valence-corrected chi connectivity index (χ2v) is 18.4. The van der Waals surface area contributed by atoms with E-state index in [-0.39, 0.29) is 0 Å². The molecular weight excluding hydrogens is 352 g/mol. The molecule has 3 N–H and O–H groups in total. The van der Waals surface area contributed by atoms with Crippen LogP contribution in [-0.2, 0) is 0 Å². The summed E-state index contributed by atoms with van der Waals surface area (Å²) in [5.74, 6) is 0. The number of aliphatic hydroxyl groups excluding tert-OH is 1. The number of rotatable bonds is 11. The Morgan fingerprint density at radius 3 is 1.46 bits per heavy atom. The van der Waals surface area contributed by atoms with Crippen molar-refractivity contribution in [1.29, 1.82) is 0 Å². The van der Waals surface area contributed by atoms with Crippen molar-refractivity contribution in [2.45, 2.75) is 65.0 Å². The van der Waals surface area contributed by atoms with Gasteiger partial charge in [-0.05, 0) is 38.8 Å². The average Bonchev–Trinajstić information content (AvgIpc) is 2.56. The number of nitrogens with two attached hydrogens (primary N) is 1. The van der Waals surface area contributed by atoms with E-state index >= 15 is 0 Å². The van der Waals surface area contributed by atoms with Crippen molar-refractivity contribution in [2.75, 3.05) is 20.2 Å². The van der Waals surface area contributed by atoms with Gasteiger partial charge in [0, 0.05) is 7.11 Å². The Hall–Kier alpha value is -0.726. The third-order valence-corrected chi connectivity index (χ3v) is 11.5. The van der Waals surface area contributed by atoms with Gasteiger partial charge in [-0.3, -0.25) is 0 Å². The van der Waals surface area contributed by atoms with E-state index in [1.54, 1.807) is 6.08 Å². The second kappa shape index (κ2) is 16.4. The summed E-state index contributed by atoms with van der Waals surface area (Å²) >= 11 is 0. The molecule has 0 bridgehead atoms. The molecule has 0 saturated heterocycles. The quantitative estimate of drug-likeness (QED) is 0.354. The van der Waals surface area contributed by atoms with E-state index in [1.807, 2.05) is 6.08 Å². The van der Waals surface area contributed by atoms with Crippen LogP contribution in [0.1, 0.15) is 25.7 Å². The molecule has 0 spiro atoms. The lowest BCUT2D eigenvalue weighted by Gasteiger charge is -2.43. The zero-order valence-electron chi connectivity index (χ0n) is 18.7. The van der Waals surface area contributed by atoms with Gasteiger partial charge < -0.3 is 15.1 Å². The van der Waals surface area contributed by atoms with E-state index in [2.05, 4.69) is 69.8 Å². The van der Waals surface area contributed by atoms with Crippen molar-refractivity contribution in [2.24, 2.45) is 5.73 Å². The predicted octanol–water partition coefficient (Wildman–Crippen LogP) is 5.56. The Balaban J connectivity index is -0.000000444. The summed E-state index contributed by atoms with van der Waals surface area (Å²) < 4.78 is 2.83. The zero-order chi connectivity index (χ0) is 21.4. The first-order valence-electron chi connectivity index (χ1n) is 9.43. The molecule has 0 unspecified atom stereocenters. The first-order valence-corrected chi connectivity index (χ1v) is 16.3. The molecule has 0 saturated carbocycles. The van der Waals surface area contributed by atoms with Crippen LogP contribution < -0.4 is 5.73 Å². The maximum atomic E-state index is 7.00. The van der Waals surface area contributed by atoms with Crippen molar-refractivity contribution >= 4 is 16.5 Å². The minimum Gasteiger partial charge on any atom is -0.400 e. The lowest BCUT2D eigenvalue weighted by molar-refractivity contribution is 0.399. The van der Waals surface area contributed by atoms with Crippen molar-refractivity contribution in [3.8, 4) is 0 Å². The van der Waals surface area contributed by atoms with Crippen molar-refractivity contribution in [3.63, 3.8) is 0 Å². The fraction of sp³-hybridized carbons (Fsp3) is 0.619. The highest BCUT2D eigenvalue weighted by molar-refractivity contribution is 6.89. The summed E-state index contributed by atoms with van der Waals surface area (Å²) in [5, 5.41) is 7.00. The third kappa shape index (κ3) is 18.1. The molecule has 0 aliphatic heterocycles. The molecule has 0 aromatic rings. The lowest BCUT2D eigenvalue weighted by Crippen LogP contribution is -2.59. The number of hydrogen-bond donors (Lipinski definition) is 2. The summed E-state index contributed by atoms with van der Waals surface area (Å²) in [7, 11) is -1.33. The Labute approximate surface area is 166 Å². The average molecular weight is 399 g/mol. The first kappa shape index (κ1) is 30.0. The lowest BCUT2D eigenvalue weighted by atomic mass is 10.2. The minimum atomic E-state index is -1.16. The van der Waals surface area contributed by atoms with Gasteiger partial charge in [-0.2, -0.15) is 0 Å². The van der Waals surface area contributed by atoms with E-state index in [4.69, 9.17) is 10.8 Å². The van der Waals surface area contributed by atoms with Gasteiger partial charge in [0.25, 0.3) is 0 Å². The first-order chi connectivity index (χ1) is 11.9. The summed E-state index contributed by atoms with van der Waals surface area (Å²) in [6.45, 7) is 31.7. The molecule has 0 atom stereocenters. The van der Waals surface area contributed by atoms with Gasteiger partial charge in [-0.1, -0.05) is 88.9 Å². The Morgan fingerprint density at radius 1 is 0.846 bits per heavy atom. The molecule has 0 aromatic carbocycles. The molecule has 0 rings (SSSR count). The smallest absolute Gasteiger partial charge is 0.112 e. The van der Waals surface area contributed by atoms with Crippen LogP contribution in [0.3, 0.4) is 0 Å². The molecule has 3 nitrogen and oxygen atoms in total. The van der Waals surface area contributed by atoms with Crippen LogP contribution in [0.4, 0.5) is 0 Å². The van der Waals surface area contributed by atoms with Gasteiger partial charge in [0.15, 0.2) is 0 Å². The molecule has 0 amide bonds. The fourth-order valence-corrected chi connectivity index (χ4v) is 12.4. The Kier molecular flexibility index (Phi) is 19.0.